The number of halogens is 2. The van der Waals surface area contributed by atoms with Gasteiger partial charge in [-0.2, -0.15) is 4.31 Å². The first kappa shape index (κ1) is 20.7. The summed E-state index contributed by atoms with van der Waals surface area (Å²) < 4.78 is 27.1. The third-order valence-electron chi connectivity index (χ3n) is 4.37. The zero-order valence-corrected chi connectivity index (χ0v) is 17.6. The Balaban J connectivity index is 1.74. The standard InChI is InChI=1S/C17H15BrClN3O5S/c18-13-6-5-12(11-15(13)22(24)25)17(23)20-7-9-21(10-8-20)28(26,27)16-4-2-1-3-14(16)19/h1-6,11H,7-10H2. The first-order valence-electron chi connectivity index (χ1n) is 8.19. The molecular formula is C17H15BrClN3O5S. The maximum absolute atomic E-state index is 12.8. The fourth-order valence-corrected chi connectivity index (χ4v) is 5.20. The molecule has 3 rings (SSSR count). The van der Waals surface area contributed by atoms with Crippen molar-refractivity contribution in [2.75, 3.05) is 26.2 Å². The van der Waals surface area contributed by atoms with Crippen LogP contribution in [-0.2, 0) is 10.0 Å². The zero-order chi connectivity index (χ0) is 20.5. The number of hydrogen-bond donors (Lipinski definition) is 0. The van der Waals surface area contributed by atoms with Gasteiger partial charge in [0.25, 0.3) is 11.6 Å². The van der Waals surface area contributed by atoms with Gasteiger partial charge in [-0.3, -0.25) is 14.9 Å². The van der Waals surface area contributed by atoms with E-state index in [-0.39, 0.29) is 57.7 Å². The van der Waals surface area contributed by atoms with E-state index in [9.17, 15) is 23.3 Å². The molecule has 28 heavy (non-hydrogen) atoms. The highest BCUT2D eigenvalue weighted by Crippen LogP contribution is 2.27. The first-order valence-corrected chi connectivity index (χ1v) is 10.8. The van der Waals surface area contributed by atoms with Gasteiger partial charge in [-0.1, -0.05) is 23.7 Å². The Bertz CT molecular complexity index is 1040. The first-order chi connectivity index (χ1) is 13.2. The van der Waals surface area contributed by atoms with Crippen molar-refractivity contribution >= 4 is 49.1 Å². The second-order valence-electron chi connectivity index (χ2n) is 6.05. The largest absolute Gasteiger partial charge is 0.336 e. The van der Waals surface area contributed by atoms with Crippen LogP contribution in [0.3, 0.4) is 0 Å². The Morgan fingerprint density at radius 3 is 2.36 bits per heavy atom. The highest BCUT2D eigenvalue weighted by atomic mass is 79.9. The molecule has 2 aromatic carbocycles. The molecule has 0 saturated carbocycles. The molecule has 8 nitrogen and oxygen atoms in total. The number of benzene rings is 2. The molecule has 0 N–H and O–H groups in total. The molecule has 1 aliphatic heterocycles. The lowest BCUT2D eigenvalue weighted by Gasteiger charge is -2.34. The molecule has 0 unspecified atom stereocenters. The second-order valence-corrected chi connectivity index (χ2v) is 9.22. The van der Waals surface area contributed by atoms with Crippen molar-refractivity contribution in [3.8, 4) is 0 Å². The number of carbonyl (C=O) groups excluding carboxylic acids is 1. The van der Waals surface area contributed by atoms with Crippen LogP contribution in [0.5, 0.6) is 0 Å². The van der Waals surface area contributed by atoms with Crippen molar-refractivity contribution in [2.45, 2.75) is 4.90 Å². The van der Waals surface area contributed by atoms with Gasteiger partial charge in [-0.25, -0.2) is 8.42 Å². The molecule has 0 aliphatic carbocycles. The number of rotatable bonds is 4. The number of sulfonamides is 1. The normalized spacial score (nSPS) is 15.4. The average Bonchev–Trinajstić information content (AvgIpc) is 2.68. The quantitative estimate of drug-likeness (QED) is 0.486. The van der Waals surface area contributed by atoms with Crippen LogP contribution in [0.25, 0.3) is 0 Å². The molecule has 0 atom stereocenters. The summed E-state index contributed by atoms with van der Waals surface area (Å²) in [5.74, 6) is -0.384. The van der Waals surface area contributed by atoms with Crippen LogP contribution in [0.4, 0.5) is 5.69 Å². The number of nitrogens with zero attached hydrogens (tertiary/aromatic N) is 3. The van der Waals surface area contributed by atoms with Gasteiger partial charge < -0.3 is 4.90 Å². The number of piperazine rings is 1. The van der Waals surface area contributed by atoms with Crippen molar-refractivity contribution in [3.05, 3.63) is 67.6 Å². The molecule has 1 amide bonds. The lowest BCUT2D eigenvalue weighted by molar-refractivity contribution is -0.385. The van der Waals surface area contributed by atoms with E-state index in [0.29, 0.717) is 0 Å². The van der Waals surface area contributed by atoms with Gasteiger partial charge in [0.05, 0.1) is 14.4 Å². The van der Waals surface area contributed by atoms with E-state index in [1.807, 2.05) is 0 Å². The van der Waals surface area contributed by atoms with E-state index in [2.05, 4.69) is 15.9 Å². The second kappa shape index (κ2) is 8.16. The topological polar surface area (TPSA) is 101 Å². The van der Waals surface area contributed by atoms with Crippen molar-refractivity contribution in [1.82, 2.24) is 9.21 Å². The number of nitro benzene ring substituents is 1. The molecule has 1 aliphatic rings. The summed E-state index contributed by atoms with van der Waals surface area (Å²) >= 11 is 9.09. The summed E-state index contributed by atoms with van der Waals surface area (Å²) in [6.45, 7) is 0.564. The van der Waals surface area contributed by atoms with Gasteiger partial charge in [-0.05, 0) is 40.2 Å². The lowest BCUT2D eigenvalue weighted by atomic mass is 10.1. The molecule has 1 saturated heterocycles. The van der Waals surface area contributed by atoms with Crippen LogP contribution in [0.2, 0.25) is 5.02 Å². The Hall–Kier alpha value is -2.01. The van der Waals surface area contributed by atoms with E-state index in [1.165, 1.54) is 39.5 Å². The minimum absolute atomic E-state index is 0.0278. The van der Waals surface area contributed by atoms with E-state index >= 15 is 0 Å². The van der Waals surface area contributed by atoms with Crippen LogP contribution in [-0.4, -0.2) is 54.6 Å². The minimum Gasteiger partial charge on any atom is -0.336 e. The minimum atomic E-state index is -3.76. The van der Waals surface area contributed by atoms with Crippen LogP contribution in [0.1, 0.15) is 10.4 Å². The monoisotopic (exact) mass is 487 g/mol. The summed E-state index contributed by atoms with van der Waals surface area (Å²) in [5.41, 5.74) is -0.0249. The molecule has 1 fully saturated rings. The van der Waals surface area contributed by atoms with Crippen molar-refractivity contribution < 1.29 is 18.1 Å². The van der Waals surface area contributed by atoms with E-state index in [0.717, 1.165) is 0 Å². The Morgan fingerprint density at radius 2 is 1.75 bits per heavy atom. The number of hydrogen-bond acceptors (Lipinski definition) is 5. The van der Waals surface area contributed by atoms with Crippen LogP contribution in [0.15, 0.2) is 51.8 Å². The van der Waals surface area contributed by atoms with Gasteiger partial charge in [-0.15, -0.1) is 0 Å². The van der Waals surface area contributed by atoms with Gasteiger partial charge in [0.15, 0.2) is 0 Å². The third kappa shape index (κ3) is 4.04. The van der Waals surface area contributed by atoms with Crippen LogP contribution >= 0.6 is 27.5 Å². The van der Waals surface area contributed by atoms with E-state index < -0.39 is 14.9 Å². The maximum atomic E-state index is 12.8. The zero-order valence-electron chi connectivity index (χ0n) is 14.4. The molecule has 0 aromatic heterocycles. The van der Waals surface area contributed by atoms with Gasteiger partial charge >= 0.3 is 0 Å². The SMILES string of the molecule is O=C(c1ccc(Br)c([N+](=O)[O-])c1)N1CCN(S(=O)(=O)c2ccccc2Cl)CC1. The Morgan fingerprint density at radius 1 is 1.11 bits per heavy atom. The maximum Gasteiger partial charge on any atom is 0.284 e. The molecule has 1 heterocycles. The molecule has 148 valence electrons. The van der Waals surface area contributed by atoms with Gasteiger partial charge in [0, 0.05) is 37.8 Å². The lowest BCUT2D eigenvalue weighted by Crippen LogP contribution is -2.50. The van der Waals surface area contributed by atoms with Crippen LogP contribution in [0, 0.1) is 10.1 Å². The summed E-state index contributed by atoms with van der Waals surface area (Å²) in [6, 6.07) is 10.3. The average molecular weight is 489 g/mol. The molecule has 0 radical (unpaired) electrons. The van der Waals surface area contributed by atoms with Gasteiger partial charge in [0.2, 0.25) is 10.0 Å². The highest BCUT2D eigenvalue weighted by Gasteiger charge is 2.32. The summed E-state index contributed by atoms with van der Waals surface area (Å²) in [5, 5.41) is 11.2. The highest BCUT2D eigenvalue weighted by molar-refractivity contribution is 9.10. The van der Waals surface area contributed by atoms with Crippen LogP contribution < -0.4 is 0 Å². The van der Waals surface area contributed by atoms with Crippen molar-refractivity contribution in [1.29, 1.82) is 0 Å². The Labute approximate surface area is 175 Å². The number of amides is 1. The van der Waals surface area contributed by atoms with Crippen molar-refractivity contribution in [3.63, 3.8) is 0 Å². The molecule has 0 spiro atoms. The summed E-state index contributed by atoms with van der Waals surface area (Å²) in [7, 11) is -3.76. The molecule has 2 aromatic rings. The number of nitro groups is 1. The van der Waals surface area contributed by atoms with E-state index in [4.69, 9.17) is 11.6 Å². The fraction of sp³-hybridized carbons (Fsp3) is 0.235. The summed E-state index contributed by atoms with van der Waals surface area (Å²) in [4.78, 5) is 24.7. The smallest absolute Gasteiger partial charge is 0.284 e. The number of carbonyl (C=O) groups is 1. The molecule has 0 bridgehead atoms. The predicted molar refractivity (Wildman–Crippen MR) is 107 cm³/mol. The van der Waals surface area contributed by atoms with Crippen molar-refractivity contribution in [2.24, 2.45) is 0 Å². The third-order valence-corrected chi connectivity index (χ3v) is 7.44. The molecule has 11 heteroatoms. The fourth-order valence-electron chi connectivity index (χ4n) is 2.89. The predicted octanol–water partition coefficient (Wildman–Crippen LogP) is 3.16. The molecular weight excluding hydrogens is 474 g/mol. The van der Waals surface area contributed by atoms with Gasteiger partial charge in [0.1, 0.15) is 4.90 Å². The Kier molecular flexibility index (Phi) is 6.04. The van der Waals surface area contributed by atoms with E-state index in [1.54, 1.807) is 12.1 Å². The summed E-state index contributed by atoms with van der Waals surface area (Å²) in [6.07, 6.45) is 0.